The van der Waals surface area contributed by atoms with Crippen LogP contribution in [0, 0.1) is 0 Å². The van der Waals surface area contributed by atoms with Gasteiger partial charge in [0.2, 0.25) is 0 Å². The van der Waals surface area contributed by atoms with Crippen LogP contribution < -0.4 is 5.73 Å². The highest BCUT2D eigenvalue weighted by molar-refractivity contribution is 5.49. The fourth-order valence-electron chi connectivity index (χ4n) is 1.07. The second-order valence-corrected chi connectivity index (χ2v) is 2.73. The second-order valence-electron chi connectivity index (χ2n) is 2.73. The zero-order chi connectivity index (χ0) is 8.81. The molecule has 0 amide bonds. The first-order valence-corrected chi connectivity index (χ1v) is 4.32. The Labute approximate surface area is 73.9 Å². The van der Waals surface area contributed by atoms with Crippen molar-refractivity contribution in [3.05, 3.63) is 41.5 Å². The molecule has 0 fully saturated rings. The average molecular weight is 161 g/mol. The van der Waals surface area contributed by atoms with E-state index in [1.165, 1.54) is 11.1 Å². The van der Waals surface area contributed by atoms with Gasteiger partial charge in [0.05, 0.1) is 0 Å². The maximum absolute atomic E-state index is 5.35. The molecule has 1 nitrogen and oxygen atoms in total. The Bertz CT molecular complexity index is 246. The molecule has 0 aliphatic heterocycles. The predicted octanol–water partition coefficient (Wildman–Crippen LogP) is 2.22. The van der Waals surface area contributed by atoms with Crippen LogP contribution in [-0.2, 0) is 6.42 Å². The van der Waals surface area contributed by atoms with E-state index in [9.17, 15) is 0 Å². The molecule has 2 N–H and O–H groups in total. The summed E-state index contributed by atoms with van der Waals surface area (Å²) in [6.07, 6.45) is 5.10. The van der Waals surface area contributed by atoms with Crippen molar-refractivity contribution in [3.8, 4) is 0 Å². The molecule has 0 aromatic heterocycles. The van der Waals surface area contributed by atoms with Crippen molar-refractivity contribution in [3.63, 3.8) is 0 Å². The van der Waals surface area contributed by atoms with Crippen LogP contribution in [0.5, 0.6) is 0 Å². The van der Waals surface area contributed by atoms with Crippen LogP contribution in [0.2, 0.25) is 0 Å². The van der Waals surface area contributed by atoms with Crippen LogP contribution in [-0.4, -0.2) is 6.54 Å². The second kappa shape index (κ2) is 4.73. The van der Waals surface area contributed by atoms with Crippen LogP contribution in [0.15, 0.2) is 30.3 Å². The molecule has 0 unspecified atom stereocenters. The Balaban J connectivity index is 2.71. The van der Waals surface area contributed by atoms with Gasteiger partial charge in [-0.15, -0.1) is 0 Å². The largest absolute Gasteiger partial charge is 0.327 e. The van der Waals surface area contributed by atoms with Gasteiger partial charge in [-0.25, -0.2) is 0 Å². The lowest BCUT2D eigenvalue weighted by Crippen LogP contribution is -1.91. The summed E-state index contributed by atoms with van der Waals surface area (Å²) >= 11 is 0. The fraction of sp³-hybridized carbons (Fsp3) is 0.273. The number of hydrogen-bond donors (Lipinski definition) is 1. The third-order valence-electron chi connectivity index (χ3n) is 1.83. The SMILES string of the molecule is CCc1ccc(/C=C/CN)cc1. The normalized spacial score (nSPS) is 10.8. The van der Waals surface area contributed by atoms with Crippen molar-refractivity contribution in [2.24, 2.45) is 5.73 Å². The molecule has 1 rings (SSSR count). The van der Waals surface area contributed by atoms with E-state index in [1.807, 2.05) is 12.2 Å². The summed E-state index contributed by atoms with van der Waals surface area (Å²) < 4.78 is 0. The number of aryl methyl sites for hydroxylation is 1. The smallest absolute Gasteiger partial charge is 0.0110 e. The Morgan fingerprint density at radius 1 is 1.25 bits per heavy atom. The quantitative estimate of drug-likeness (QED) is 0.722. The van der Waals surface area contributed by atoms with Crippen LogP contribution in [0.4, 0.5) is 0 Å². The van der Waals surface area contributed by atoms with Gasteiger partial charge in [0, 0.05) is 6.54 Å². The molecule has 0 aliphatic rings. The van der Waals surface area contributed by atoms with Crippen molar-refractivity contribution in [2.75, 3.05) is 6.54 Å². The molecule has 0 bridgehead atoms. The molecule has 0 radical (unpaired) electrons. The van der Waals surface area contributed by atoms with E-state index < -0.39 is 0 Å². The molecule has 64 valence electrons. The minimum atomic E-state index is 0.607. The first-order valence-electron chi connectivity index (χ1n) is 4.32. The first-order chi connectivity index (χ1) is 5.86. The zero-order valence-corrected chi connectivity index (χ0v) is 7.46. The number of benzene rings is 1. The maximum atomic E-state index is 5.35. The molecular formula is C11H15N. The van der Waals surface area contributed by atoms with Crippen molar-refractivity contribution < 1.29 is 0 Å². The minimum absolute atomic E-state index is 0.607. The Morgan fingerprint density at radius 2 is 1.92 bits per heavy atom. The van der Waals surface area contributed by atoms with Gasteiger partial charge in [0.15, 0.2) is 0 Å². The van der Waals surface area contributed by atoms with Crippen LogP contribution in [0.3, 0.4) is 0 Å². The minimum Gasteiger partial charge on any atom is -0.327 e. The van der Waals surface area contributed by atoms with Gasteiger partial charge >= 0.3 is 0 Å². The zero-order valence-electron chi connectivity index (χ0n) is 7.46. The van der Waals surface area contributed by atoms with Gasteiger partial charge in [0.1, 0.15) is 0 Å². The molecule has 0 atom stereocenters. The Morgan fingerprint density at radius 3 is 2.42 bits per heavy atom. The van der Waals surface area contributed by atoms with Gasteiger partial charge < -0.3 is 5.73 Å². The van der Waals surface area contributed by atoms with Gasteiger partial charge in [-0.3, -0.25) is 0 Å². The summed E-state index contributed by atoms with van der Waals surface area (Å²) in [5.74, 6) is 0. The van der Waals surface area contributed by atoms with Gasteiger partial charge in [-0.2, -0.15) is 0 Å². The van der Waals surface area contributed by atoms with E-state index in [4.69, 9.17) is 5.73 Å². The molecule has 0 heterocycles. The summed E-state index contributed by atoms with van der Waals surface area (Å²) in [5.41, 5.74) is 7.94. The third kappa shape index (κ3) is 2.51. The highest BCUT2D eigenvalue weighted by Crippen LogP contribution is 2.06. The lowest BCUT2D eigenvalue weighted by Gasteiger charge is -1.96. The average Bonchev–Trinajstić information content (AvgIpc) is 2.15. The van der Waals surface area contributed by atoms with Gasteiger partial charge in [0.25, 0.3) is 0 Å². The number of hydrogen-bond acceptors (Lipinski definition) is 1. The molecule has 1 aromatic carbocycles. The van der Waals surface area contributed by atoms with Crippen LogP contribution in [0.1, 0.15) is 18.1 Å². The van der Waals surface area contributed by atoms with E-state index >= 15 is 0 Å². The lowest BCUT2D eigenvalue weighted by atomic mass is 10.1. The summed E-state index contributed by atoms with van der Waals surface area (Å²) in [6.45, 7) is 2.76. The highest BCUT2D eigenvalue weighted by atomic mass is 14.5. The van der Waals surface area contributed by atoms with Crippen molar-refractivity contribution in [2.45, 2.75) is 13.3 Å². The molecule has 0 aliphatic carbocycles. The van der Waals surface area contributed by atoms with Crippen molar-refractivity contribution >= 4 is 6.08 Å². The molecule has 12 heavy (non-hydrogen) atoms. The van der Waals surface area contributed by atoms with E-state index in [1.54, 1.807) is 0 Å². The van der Waals surface area contributed by atoms with E-state index in [0.29, 0.717) is 6.54 Å². The summed E-state index contributed by atoms with van der Waals surface area (Å²) in [7, 11) is 0. The highest BCUT2D eigenvalue weighted by Gasteiger charge is 1.87. The lowest BCUT2D eigenvalue weighted by molar-refractivity contribution is 1.14. The number of rotatable bonds is 3. The van der Waals surface area contributed by atoms with E-state index in [0.717, 1.165) is 6.42 Å². The standard InChI is InChI=1S/C11H15N/c1-2-10-5-7-11(8-6-10)4-3-9-12/h3-8H,2,9,12H2,1H3/b4-3+. The molecule has 1 heteroatoms. The summed E-state index contributed by atoms with van der Waals surface area (Å²) in [6, 6.07) is 8.53. The van der Waals surface area contributed by atoms with Crippen molar-refractivity contribution in [1.82, 2.24) is 0 Å². The predicted molar refractivity (Wildman–Crippen MR) is 53.9 cm³/mol. The van der Waals surface area contributed by atoms with Crippen molar-refractivity contribution in [1.29, 1.82) is 0 Å². The van der Waals surface area contributed by atoms with E-state index in [2.05, 4.69) is 31.2 Å². The summed E-state index contributed by atoms with van der Waals surface area (Å²) in [4.78, 5) is 0. The van der Waals surface area contributed by atoms with E-state index in [-0.39, 0.29) is 0 Å². The fourth-order valence-corrected chi connectivity index (χ4v) is 1.07. The molecule has 0 saturated carbocycles. The number of nitrogens with two attached hydrogens (primary N) is 1. The Kier molecular flexibility index (Phi) is 3.55. The Hall–Kier alpha value is -1.08. The van der Waals surface area contributed by atoms with Gasteiger partial charge in [-0.1, -0.05) is 43.3 Å². The molecule has 0 spiro atoms. The topological polar surface area (TPSA) is 26.0 Å². The molecule has 0 saturated heterocycles. The summed E-state index contributed by atoms with van der Waals surface area (Å²) in [5, 5.41) is 0. The first kappa shape index (κ1) is 9.01. The third-order valence-corrected chi connectivity index (χ3v) is 1.83. The van der Waals surface area contributed by atoms with Crippen LogP contribution >= 0.6 is 0 Å². The van der Waals surface area contributed by atoms with Gasteiger partial charge in [-0.05, 0) is 17.5 Å². The molecular weight excluding hydrogens is 146 g/mol. The maximum Gasteiger partial charge on any atom is 0.0110 e. The monoisotopic (exact) mass is 161 g/mol. The molecule has 1 aromatic rings. The van der Waals surface area contributed by atoms with Crippen LogP contribution in [0.25, 0.3) is 6.08 Å².